The van der Waals surface area contributed by atoms with Crippen LogP contribution in [-0.2, 0) is 17.1 Å². The van der Waals surface area contributed by atoms with Crippen molar-refractivity contribution in [2.45, 2.75) is 18.7 Å². The van der Waals surface area contributed by atoms with Gasteiger partial charge in [-0.15, -0.1) is 0 Å². The Bertz CT molecular complexity index is 1330. The molecule has 11 heteroatoms. The zero-order chi connectivity index (χ0) is 21.5. The van der Waals surface area contributed by atoms with Crippen molar-refractivity contribution in [3.05, 3.63) is 53.4 Å². The molecule has 0 fully saturated rings. The fourth-order valence-corrected chi connectivity index (χ4v) is 4.35. The number of halogens is 1. The number of fused-ring (bicyclic) bond motifs is 1. The molecular weight excluding hydrogens is 428 g/mol. The maximum Gasteiger partial charge on any atom is 0.269 e. The number of hydrogen-bond donors (Lipinski definition) is 1. The fourth-order valence-electron chi connectivity index (χ4n) is 2.91. The topological polar surface area (TPSA) is 104 Å². The van der Waals surface area contributed by atoms with Crippen LogP contribution in [0.1, 0.15) is 12.5 Å². The molecule has 156 valence electrons. The molecule has 0 bridgehead atoms. The van der Waals surface area contributed by atoms with E-state index in [1.165, 1.54) is 17.1 Å². The van der Waals surface area contributed by atoms with Crippen LogP contribution in [0, 0.1) is 6.92 Å². The molecule has 0 aliphatic carbocycles. The van der Waals surface area contributed by atoms with Crippen molar-refractivity contribution < 1.29 is 13.2 Å². The summed E-state index contributed by atoms with van der Waals surface area (Å²) in [4.78, 5) is 8.95. The molecular formula is C19H19ClN6O3S. The Morgan fingerprint density at radius 1 is 1.17 bits per heavy atom. The largest absolute Gasteiger partial charge is 0.477 e. The SMILES string of the molecule is CCOc1nc(Nc2cnn(C)c2Cl)nc2c1ccn2S(=O)(=O)c1ccc(C)cc1. The van der Waals surface area contributed by atoms with Gasteiger partial charge in [0.2, 0.25) is 11.8 Å². The minimum absolute atomic E-state index is 0.139. The second-order valence-corrected chi connectivity index (χ2v) is 8.72. The number of aryl methyl sites for hydroxylation is 2. The summed E-state index contributed by atoms with van der Waals surface area (Å²) in [7, 11) is -2.17. The number of hydrogen-bond acceptors (Lipinski definition) is 7. The summed E-state index contributed by atoms with van der Waals surface area (Å²) in [6, 6.07) is 8.24. The Kier molecular flexibility index (Phi) is 5.12. The van der Waals surface area contributed by atoms with Gasteiger partial charge in [-0.1, -0.05) is 29.3 Å². The van der Waals surface area contributed by atoms with Crippen LogP contribution in [0.4, 0.5) is 11.6 Å². The highest BCUT2D eigenvalue weighted by atomic mass is 35.5. The number of nitrogens with one attached hydrogen (secondary N) is 1. The van der Waals surface area contributed by atoms with Gasteiger partial charge in [0.15, 0.2) is 5.65 Å². The Morgan fingerprint density at radius 3 is 2.53 bits per heavy atom. The van der Waals surface area contributed by atoms with Crippen molar-refractivity contribution in [3.8, 4) is 5.88 Å². The van der Waals surface area contributed by atoms with E-state index < -0.39 is 10.0 Å². The second kappa shape index (κ2) is 7.62. The molecule has 0 unspecified atom stereocenters. The summed E-state index contributed by atoms with van der Waals surface area (Å²) >= 11 is 6.20. The lowest BCUT2D eigenvalue weighted by molar-refractivity contribution is 0.331. The second-order valence-electron chi connectivity index (χ2n) is 6.55. The third-order valence-corrected chi connectivity index (χ3v) is 6.58. The zero-order valence-corrected chi connectivity index (χ0v) is 18.1. The van der Waals surface area contributed by atoms with Gasteiger partial charge in [0.1, 0.15) is 5.15 Å². The molecule has 9 nitrogen and oxygen atoms in total. The average Bonchev–Trinajstić information content (AvgIpc) is 3.28. The maximum absolute atomic E-state index is 13.2. The lowest BCUT2D eigenvalue weighted by Gasteiger charge is -2.11. The van der Waals surface area contributed by atoms with Crippen LogP contribution >= 0.6 is 11.6 Å². The van der Waals surface area contributed by atoms with E-state index in [2.05, 4.69) is 20.4 Å². The van der Waals surface area contributed by atoms with Gasteiger partial charge in [-0.3, -0.25) is 4.68 Å². The van der Waals surface area contributed by atoms with Gasteiger partial charge in [0, 0.05) is 13.2 Å². The number of nitrogens with zero attached hydrogens (tertiary/aromatic N) is 5. The van der Waals surface area contributed by atoms with Crippen molar-refractivity contribution in [2.75, 3.05) is 11.9 Å². The lowest BCUT2D eigenvalue weighted by Crippen LogP contribution is -2.13. The molecule has 0 saturated heterocycles. The number of anilines is 2. The maximum atomic E-state index is 13.2. The van der Waals surface area contributed by atoms with Gasteiger partial charge < -0.3 is 10.1 Å². The molecule has 1 N–H and O–H groups in total. The molecule has 0 atom stereocenters. The average molecular weight is 447 g/mol. The molecule has 30 heavy (non-hydrogen) atoms. The van der Waals surface area contributed by atoms with Crippen molar-refractivity contribution in [1.82, 2.24) is 23.7 Å². The van der Waals surface area contributed by atoms with Crippen LogP contribution in [0.5, 0.6) is 5.88 Å². The zero-order valence-electron chi connectivity index (χ0n) is 16.5. The predicted molar refractivity (Wildman–Crippen MR) is 114 cm³/mol. The van der Waals surface area contributed by atoms with Crippen molar-refractivity contribution in [3.63, 3.8) is 0 Å². The number of aromatic nitrogens is 5. The summed E-state index contributed by atoms with van der Waals surface area (Å²) < 4.78 is 34.7. The van der Waals surface area contributed by atoms with Gasteiger partial charge >= 0.3 is 0 Å². The van der Waals surface area contributed by atoms with Crippen LogP contribution < -0.4 is 10.1 Å². The minimum Gasteiger partial charge on any atom is -0.477 e. The normalized spacial score (nSPS) is 11.7. The summed E-state index contributed by atoms with van der Waals surface area (Å²) in [5.74, 6) is 0.405. The van der Waals surface area contributed by atoms with E-state index in [9.17, 15) is 8.42 Å². The van der Waals surface area contributed by atoms with Crippen molar-refractivity contribution in [1.29, 1.82) is 0 Å². The molecule has 0 amide bonds. The molecule has 0 spiro atoms. The van der Waals surface area contributed by atoms with Crippen LogP contribution in [-0.4, -0.2) is 38.7 Å². The highest BCUT2D eigenvalue weighted by molar-refractivity contribution is 7.90. The van der Waals surface area contributed by atoms with E-state index in [-0.39, 0.29) is 22.4 Å². The van der Waals surface area contributed by atoms with Gasteiger partial charge in [0.25, 0.3) is 10.0 Å². The highest BCUT2D eigenvalue weighted by Crippen LogP contribution is 2.30. The summed E-state index contributed by atoms with van der Waals surface area (Å²) in [5, 5.41) is 7.88. The summed E-state index contributed by atoms with van der Waals surface area (Å²) in [6.45, 7) is 4.07. The van der Waals surface area contributed by atoms with E-state index in [1.807, 2.05) is 13.8 Å². The smallest absolute Gasteiger partial charge is 0.269 e. The first-order valence-corrected chi connectivity index (χ1v) is 10.9. The van der Waals surface area contributed by atoms with Gasteiger partial charge in [0.05, 0.1) is 28.8 Å². The molecule has 3 heterocycles. The van der Waals surface area contributed by atoms with Crippen LogP contribution in [0.2, 0.25) is 5.15 Å². The fraction of sp³-hybridized carbons (Fsp3) is 0.211. The minimum atomic E-state index is -3.86. The quantitative estimate of drug-likeness (QED) is 0.483. The predicted octanol–water partition coefficient (Wildman–Crippen LogP) is 3.51. The molecule has 4 aromatic rings. The molecule has 1 aromatic carbocycles. The third kappa shape index (κ3) is 3.48. The van der Waals surface area contributed by atoms with E-state index in [0.29, 0.717) is 22.8 Å². The molecule has 0 aliphatic rings. The Morgan fingerprint density at radius 2 is 1.90 bits per heavy atom. The molecule has 3 aromatic heterocycles. The monoisotopic (exact) mass is 446 g/mol. The molecule has 0 aliphatic heterocycles. The van der Waals surface area contributed by atoms with E-state index in [4.69, 9.17) is 16.3 Å². The number of ether oxygens (including phenoxy) is 1. The first kappa shape index (κ1) is 20.2. The molecule has 0 radical (unpaired) electrons. The first-order valence-electron chi connectivity index (χ1n) is 9.10. The summed E-state index contributed by atoms with van der Waals surface area (Å²) in [5.41, 5.74) is 1.64. The van der Waals surface area contributed by atoms with Crippen LogP contribution in [0.3, 0.4) is 0 Å². The van der Waals surface area contributed by atoms with Crippen LogP contribution in [0.25, 0.3) is 11.0 Å². The third-order valence-electron chi connectivity index (χ3n) is 4.45. The summed E-state index contributed by atoms with van der Waals surface area (Å²) in [6.07, 6.45) is 2.97. The van der Waals surface area contributed by atoms with Gasteiger partial charge in [-0.2, -0.15) is 15.1 Å². The van der Waals surface area contributed by atoms with Gasteiger partial charge in [-0.25, -0.2) is 12.4 Å². The first-order chi connectivity index (χ1) is 14.3. The number of rotatable bonds is 6. The van der Waals surface area contributed by atoms with Gasteiger partial charge in [-0.05, 0) is 32.0 Å². The standard InChI is InChI=1S/C19H19ClN6O3S/c1-4-29-18-14-9-10-26(30(27,28)13-7-5-12(2)6-8-13)17(14)23-19(24-18)22-15-11-21-25(3)16(15)20/h5-11H,4H2,1-3H3,(H,22,23,24). The van der Waals surface area contributed by atoms with E-state index in [1.54, 1.807) is 37.4 Å². The van der Waals surface area contributed by atoms with E-state index in [0.717, 1.165) is 9.54 Å². The molecule has 4 rings (SSSR count). The Hall–Kier alpha value is -3.11. The van der Waals surface area contributed by atoms with E-state index >= 15 is 0 Å². The van der Waals surface area contributed by atoms with Crippen molar-refractivity contribution in [2.24, 2.45) is 7.05 Å². The Balaban J connectivity index is 1.86. The Labute approximate surface area is 178 Å². The lowest BCUT2D eigenvalue weighted by atomic mass is 10.2. The molecule has 0 saturated carbocycles. The van der Waals surface area contributed by atoms with Crippen LogP contribution in [0.15, 0.2) is 47.6 Å². The highest BCUT2D eigenvalue weighted by Gasteiger charge is 2.23. The number of benzene rings is 1. The van der Waals surface area contributed by atoms with Crippen molar-refractivity contribution >= 4 is 44.3 Å².